The number of carbonyl (C=O) groups excluding carboxylic acids is 1. The number of carbonyl (C=O) groups is 1. The molecular formula is C13H16ClN5O. The predicted octanol–water partition coefficient (Wildman–Crippen LogP) is -2.75. The second kappa shape index (κ2) is 7.40. The first-order chi connectivity index (χ1) is 9.16. The first-order valence-electron chi connectivity index (χ1n) is 5.92. The van der Waals surface area contributed by atoms with E-state index in [9.17, 15) is 4.79 Å². The Labute approximate surface area is 123 Å². The van der Waals surface area contributed by atoms with E-state index in [1.807, 2.05) is 50.6 Å². The van der Waals surface area contributed by atoms with Gasteiger partial charge in [-0.15, -0.1) is 0 Å². The van der Waals surface area contributed by atoms with Crippen LogP contribution in [0.3, 0.4) is 0 Å². The maximum absolute atomic E-state index is 11.7. The van der Waals surface area contributed by atoms with Gasteiger partial charge in [-0.1, -0.05) is 6.07 Å². The number of amides is 1. The van der Waals surface area contributed by atoms with Crippen molar-refractivity contribution in [3.63, 3.8) is 0 Å². The highest BCUT2D eigenvalue weighted by atomic mass is 35.5. The molecule has 0 aliphatic heterocycles. The predicted molar refractivity (Wildman–Crippen MR) is 70.2 cm³/mol. The lowest BCUT2D eigenvalue weighted by Crippen LogP contribution is -3.00. The van der Waals surface area contributed by atoms with Crippen molar-refractivity contribution in [2.75, 3.05) is 0 Å². The van der Waals surface area contributed by atoms with E-state index in [2.05, 4.69) is 15.6 Å². The van der Waals surface area contributed by atoms with E-state index in [4.69, 9.17) is 0 Å². The Balaban J connectivity index is 0.00000200. The van der Waals surface area contributed by atoms with E-state index in [-0.39, 0.29) is 24.9 Å². The molecule has 20 heavy (non-hydrogen) atoms. The SMILES string of the molecule is C/C(=N/NC(=O)C[n+]1ccccc1)c1ccnn1C.[Cl-]. The van der Waals surface area contributed by atoms with Crippen molar-refractivity contribution in [1.82, 2.24) is 15.2 Å². The third kappa shape index (κ3) is 4.17. The minimum absolute atomic E-state index is 0. The molecule has 0 spiro atoms. The Bertz CT molecular complexity index is 594. The first kappa shape index (κ1) is 15.8. The summed E-state index contributed by atoms with van der Waals surface area (Å²) >= 11 is 0. The molecule has 2 rings (SSSR count). The molecule has 2 aromatic rings. The van der Waals surface area contributed by atoms with Crippen LogP contribution in [0, 0.1) is 0 Å². The smallest absolute Gasteiger partial charge is 0.305 e. The van der Waals surface area contributed by atoms with E-state index in [1.54, 1.807) is 15.4 Å². The number of hydrogen-bond acceptors (Lipinski definition) is 3. The highest BCUT2D eigenvalue weighted by Crippen LogP contribution is 1.97. The number of nitrogens with zero attached hydrogens (tertiary/aromatic N) is 4. The monoisotopic (exact) mass is 293 g/mol. The third-order valence-electron chi connectivity index (χ3n) is 2.64. The first-order valence-corrected chi connectivity index (χ1v) is 5.92. The Morgan fingerprint density at radius 3 is 2.70 bits per heavy atom. The molecule has 0 unspecified atom stereocenters. The molecule has 1 amide bonds. The lowest BCUT2D eigenvalue weighted by molar-refractivity contribution is -0.684. The average molecular weight is 294 g/mol. The molecule has 0 radical (unpaired) electrons. The van der Waals surface area contributed by atoms with Crippen molar-refractivity contribution in [1.29, 1.82) is 0 Å². The largest absolute Gasteiger partial charge is 1.00 e. The van der Waals surface area contributed by atoms with Gasteiger partial charge in [0.15, 0.2) is 12.4 Å². The highest BCUT2D eigenvalue weighted by molar-refractivity contribution is 5.97. The van der Waals surface area contributed by atoms with Gasteiger partial charge in [0.25, 0.3) is 0 Å². The molecule has 7 heteroatoms. The second-order valence-corrected chi connectivity index (χ2v) is 4.12. The minimum Gasteiger partial charge on any atom is -1.00 e. The van der Waals surface area contributed by atoms with Crippen LogP contribution in [0.5, 0.6) is 0 Å². The summed E-state index contributed by atoms with van der Waals surface area (Å²) in [6, 6.07) is 7.49. The van der Waals surface area contributed by atoms with Gasteiger partial charge in [0, 0.05) is 25.4 Å². The van der Waals surface area contributed by atoms with Crippen molar-refractivity contribution < 1.29 is 21.8 Å². The topological polar surface area (TPSA) is 63.2 Å². The average Bonchev–Trinajstić information content (AvgIpc) is 2.83. The van der Waals surface area contributed by atoms with E-state index in [1.165, 1.54) is 0 Å². The van der Waals surface area contributed by atoms with Crippen LogP contribution < -0.4 is 22.4 Å². The van der Waals surface area contributed by atoms with Crippen LogP contribution in [-0.4, -0.2) is 21.4 Å². The van der Waals surface area contributed by atoms with Crippen molar-refractivity contribution >= 4 is 11.6 Å². The molecule has 0 aliphatic rings. The van der Waals surface area contributed by atoms with Crippen molar-refractivity contribution in [3.8, 4) is 0 Å². The zero-order chi connectivity index (χ0) is 13.7. The van der Waals surface area contributed by atoms with Crippen molar-refractivity contribution in [2.45, 2.75) is 13.5 Å². The van der Waals surface area contributed by atoms with Crippen LogP contribution in [0.1, 0.15) is 12.6 Å². The molecule has 0 aliphatic carbocycles. The summed E-state index contributed by atoms with van der Waals surface area (Å²) in [7, 11) is 1.83. The molecule has 1 N–H and O–H groups in total. The number of pyridine rings is 1. The van der Waals surface area contributed by atoms with Gasteiger partial charge in [0.2, 0.25) is 6.54 Å². The van der Waals surface area contributed by atoms with Crippen LogP contribution in [0.4, 0.5) is 0 Å². The lowest BCUT2D eigenvalue weighted by Gasteiger charge is -2.01. The van der Waals surface area contributed by atoms with Gasteiger partial charge in [0.1, 0.15) is 0 Å². The van der Waals surface area contributed by atoms with Crippen LogP contribution >= 0.6 is 0 Å². The van der Waals surface area contributed by atoms with E-state index in [0.29, 0.717) is 5.71 Å². The zero-order valence-corrected chi connectivity index (χ0v) is 12.1. The molecule has 106 valence electrons. The normalized spacial score (nSPS) is 10.8. The van der Waals surface area contributed by atoms with Gasteiger partial charge in [-0.2, -0.15) is 14.8 Å². The number of rotatable bonds is 4. The minimum atomic E-state index is -0.169. The Hall–Kier alpha value is -2.21. The maximum Gasteiger partial charge on any atom is 0.305 e. The van der Waals surface area contributed by atoms with Crippen LogP contribution in [0.25, 0.3) is 0 Å². The second-order valence-electron chi connectivity index (χ2n) is 4.12. The summed E-state index contributed by atoms with van der Waals surface area (Å²) < 4.78 is 3.49. The summed E-state index contributed by atoms with van der Waals surface area (Å²) in [4.78, 5) is 11.7. The molecule has 0 saturated carbocycles. The van der Waals surface area contributed by atoms with Crippen LogP contribution in [0.2, 0.25) is 0 Å². The number of hydrazone groups is 1. The summed E-state index contributed by atoms with van der Waals surface area (Å²) in [5.41, 5.74) is 4.12. The molecule has 0 fully saturated rings. The Morgan fingerprint density at radius 2 is 2.10 bits per heavy atom. The van der Waals surface area contributed by atoms with Crippen LogP contribution in [-0.2, 0) is 18.4 Å². The standard InChI is InChI=1S/C13H15N5O.ClH/c1-11(12-6-7-14-17(12)2)15-16-13(19)10-18-8-4-3-5-9-18;/h3-9H,10H2,1-2H3;1H. The van der Waals surface area contributed by atoms with Gasteiger partial charge < -0.3 is 12.4 Å². The molecule has 6 nitrogen and oxygen atoms in total. The van der Waals surface area contributed by atoms with Gasteiger partial charge in [-0.05, 0) is 13.0 Å². The van der Waals surface area contributed by atoms with E-state index in [0.717, 1.165) is 5.69 Å². The summed E-state index contributed by atoms with van der Waals surface area (Å²) in [6.07, 6.45) is 5.35. The number of aromatic nitrogens is 3. The fourth-order valence-electron chi connectivity index (χ4n) is 1.67. The molecule has 0 bridgehead atoms. The van der Waals surface area contributed by atoms with Crippen LogP contribution in [0.15, 0.2) is 48.0 Å². The van der Waals surface area contributed by atoms with Gasteiger partial charge >= 0.3 is 5.91 Å². The Kier molecular flexibility index (Phi) is 5.86. The van der Waals surface area contributed by atoms with Crippen molar-refractivity contribution in [2.24, 2.45) is 12.1 Å². The molecule has 0 aromatic carbocycles. The summed E-state index contributed by atoms with van der Waals surface area (Å²) in [5.74, 6) is -0.169. The van der Waals surface area contributed by atoms with Gasteiger partial charge in [-0.3, -0.25) is 9.48 Å². The fraction of sp³-hybridized carbons (Fsp3) is 0.231. The molecule has 0 saturated heterocycles. The zero-order valence-electron chi connectivity index (χ0n) is 11.3. The number of hydrogen-bond donors (Lipinski definition) is 1. The molecule has 2 heterocycles. The van der Waals surface area contributed by atoms with Gasteiger partial charge in [0.05, 0.1) is 11.4 Å². The quantitative estimate of drug-likeness (QED) is 0.377. The summed E-state index contributed by atoms with van der Waals surface area (Å²) in [6.45, 7) is 2.07. The van der Waals surface area contributed by atoms with Gasteiger partial charge in [-0.25, -0.2) is 5.43 Å². The molecular weight excluding hydrogens is 278 g/mol. The van der Waals surface area contributed by atoms with E-state index < -0.39 is 0 Å². The maximum atomic E-state index is 11.7. The third-order valence-corrected chi connectivity index (χ3v) is 2.64. The molecule has 2 aromatic heterocycles. The Morgan fingerprint density at radius 1 is 1.40 bits per heavy atom. The van der Waals surface area contributed by atoms with Crippen molar-refractivity contribution in [3.05, 3.63) is 48.5 Å². The lowest BCUT2D eigenvalue weighted by atomic mass is 10.3. The highest BCUT2D eigenvalue weighted by Gasteiger charge is 2.08. The van der Waals surface area contributed by atoms with E-state index >= 15 is 0 Å². The molecule has 0 atom stereocenters. The number of nitrogens with one attached hydrogen (secondary N) is 1. The fourth-order valence-corrected chi connectivity index (χ4v) is 1.67. The number of aryl methyl sites for hydroxylation is 1. The summed E-state index contributed by atoms with van der Waals surface area (Å²) in [5, 5.41) is 8.12. The number of halogens is 1.